The van der Waals surface area contributed by atoms with E-state index < -0.39 is 11.5 Å². The standard InChI is InChI=1S/C15H21NO2/c1-3-4-11-5-9-13(10-6-11)16-15(2,14(17)18)12-7-8-12/h5-6,9-10,12,16H,3-4,7-8H2,1-2H3,(H,17,18). The van der Waals surface area contributed by atoms with Crippen LogP contribution in [0.5, 0.6) is 0 Å². The molecule has 1 saturated carbocycles. The lowest BCUT2D eigenvalue weighted by atomic mass is 9.95. The van der Waals surface area contributed by atoms with Crippen LogP contribution in [0.15, 0.2) is 24.3 Å². The molecule has 0 bridgehead atoms. The van der Waals surface area contributed by atoms with Gasteiger partial charge in [-0.15, -0.1) is 0 Å². The Bertz CT molecular complexity index is 423. The van der Waals surface area contributed by atoms with Gasteiger partial charge < -0.3 is 10.4 Å². The first-order valence-electron chi connectivity index (χ1n) is 6.66. The monoisotopic (exact) mass is 247 g/mol. The minimum Gasteiger partial charge on any atom is -0.480 e. The van der Waals surface area contributed by atoms with Crippen LogP contribution in [0, 0.1) is 5.92 Å². The zero-order valence-corrected chi connectivity index (χ0v) is 11.1. The van der Waals surface area contributed by atoms with Gasteiger partial charge in [0.1, 0.15) is 5.54 Å². The van der Waals surface area contributed by atoms with E-state index in [-0.39, 0.29) is 5.92 Å². The van der Waals surface area contributed by atoms with E-state index in [1.54, 1.807) is 6.92 Å². The maximum Gasteiger partial charge on any atom is 0.329 e. The maximum atomic E-state index is 11.4. The molecule has 18 heavy (non-hydrogen) atoms. The van der Waals surface area contributed by atoms with E-state index in [4.69, 9.17) is 0 Å². The molecule has 1 aromatic carbocycles. The van der Waals surface area contributed by atoms with Crippen molar-refractivity contribution >= 4 is 11.7 Å². The second kappa shape index (κ2) is 5.01. The number of benzene rings is 1. The van der Waals surface area contributed by atoms with Gasteiger partial charge >= 0.3 is 5.97 Å². The summed E-state index contributed by atoms with van der Waals surface area (Å²) < 4.78 is 0. The van der Waals surface area contributed by atoms with Gasteiger partial charge in [0, 0.05) is 5.69 Å². The summed E-state index contributed by atoms with van der Waals surface area (Å²) in [4.78, 5) is 11.4. The molecule has 98 valence electrons. The van der Waals surface area contributed by atoms with Gasteiger partial charge in [0.25, 0.3) is 0 Å². The first-order chi connectivity index (χ1) is 8.56. The minimum atomic E-state index is -0.827. The summed E-state index contributed by atoms with van der Waals surface area (Å²) in [6.07, 6.45) is 4.20. The van der Waals surface area contributed by atoms with E-state index in [9.17, 15) is 9.90 Å². The summed E-state index contributed by atoms with van der Waals surface area (Å²) in [6.45, 7) is 3.94. The second-order valence-corrected chi connectivity index (χ2v) is 5.35. The highest BCUT2D eigenvalue weighted by atomic mass is 16.4. The molecule has 3 heteroatoms. The minimum absolute atomic E-state index is 0.255. The SMILES string of the molecule is CCCc1ccc(NC(C)(C(=O)O)C2CC2)cc1. The first-order valence-corrected chi connectivity index (χ1v) is 6.66. The van der Waals surface area contributed by atoms with Crippen LogP contribution in [0.2, 0.25) is 0 Å². The average molecular weight is 247 g/mol. The maximum absolute atomic E-state index is 11.4. The van der Waals surface area contributed by atoms with Crippen LogP contribution < -0.4 is 5.32 Å². The van der Waals surface area contributed by atoms with Crippen molar-refractivity contribution in [2.75, 3.05) is 5.32 Å². The second-order valence-electron chi connectivity index (χ2n) is 5.35. The largest absolute Gasteiger partial charge is 0.480 e. The normalized spacial score (nSPS) is 18.1. The Morgan fingerprint density at radius 1 is 1.39 bits per heavy atom. The molecule has 0 aliphatic heterocycles. The Hall–Kier alpha value is -1.51. The average Bonchev–Trinajstić information content (AvgIpc) is 3.16. The number of nitrogens with one attached hydrogen (secondary N) is 1. The molecule has 1 fully saturated rings. The highest BCUT2D eigenvalue weighted by Gasteiger charge is 2.47. The summed E-state index contributed by atoms with van der Waals surface area (Å²) in [5.74, 6) is -0.507. The molecule has 0 saturated heterocycles. The van der Waals surface area contributed by atoms with Crippen molar-refractivity contribution in [1.29, 1.82) is 0 Å². The zero-order valence-electron chi connectivity index (χ0n) is 11.1. The molecule has 0 aromatic heterocycles. The summed E-state index contributed by atoms with van der Waals surface area (Å²) >= 11 is 0. The number of carbonyl (C=O) groups is 1. The number of hydrogen-bond donors (Lipinski definition) is 2. The number of aryl methyl sites for hydroxylation is 1. The van der Waals surface area contributed by atoms with E-state index in [1.165, 1.54) is 5.56 Å². The Kier molecular flexibility index (Phi) is 3.60. The molecule has 1 aliphatic rings. The highest BCUT2D eigenvalue weighted by Crippen LogP contribution is 2.41. The van der Waals surface area contributed by atoms with Gasteiger partial charge in [-0.1, -0.05) is 25.5 Å². The fourth-order valence-electron chi connectivity index (χ4n) is 2.33. The van der Waals surface area contributed by atoms with Gasteiger partial charge in [0.05, 0.1) is 0 Å². The van der Waals surface area contributed by atoms with Gasteiger partial charge in [-0.25, -0.2) is 4.79 Å². The summed E-state index contributed by atoms with van der Waals surface area (Å²) in [7, 11) is 0. The van der Waals surface area contributed by atoms with Gasteiger partial charge in [-0.05, 0) is 49.8 Å². The van der Waals surface area contributed by atoms with Gasteiger partial charge in [0.2, 0.25) is 0 Å². The van der Waals surface area contributed by atoms with Crippen molar-refractivity contribution < 1.29 is 9.90 Å². The molecular formula is C15H21NO2. The number of hydrogen-bond acceptors (Lipinski definition) is 2. The van der Waals surface area contributed by atoms with Crippen LogP contribution in [0.25, 0.3) is 0 Å². The van der Waals surface area contributed by atoms with Crippen LogP contribution in [0.3, 0.4) is 0 Å². The van der Waals surface area contributed by atoms with Gasteiger partial charge in [0.15, 0.2) is 0 Å². The molecule has 0 radical (unpaired) electrons. The molecule has 1 atom stereocenters. The summed E-state index contributed by atoms with van der Waals surface area (Å²) in [5, 5.41) is 12.6. The van der Waals surface area contributed by atoms with E-state index in [1.807, 2.05) is 12.1 Å². The number of aliphatic carboxylic acids is 1. The third kappa shape index (κ3) is 2.66. The number of rotatable bonds is 6. The fraction of sp³-hybridized carbons (Fsp3) is 0.533. The van der Waals surface area contributed by atoms with E-state index in [0.717, 1.165) is 31.4 Å². The van der Waals surface area contributed by atoms with Crippen molar-refractivity contribution in [2.45, 2.75) is 45.1 Å². The molecule has 2 rings (SSSR count). The quantitative estimate of drug-likeness (QED) is 0.811. The fourth-order valence-corrected chi connectivity index (χ4v) is 2.33. The third-order valence-corrected chi connectivity index (χ3v) is 3.73. The molecule has 1 unspecified atom stereocenters. The topological polar surface area (TPSA) is 49.3 Å². The molecular weight excluding hydrogens is 226 g/mol. The predicted octanol–water partition coefficient (Wildman–Crippen LogP) is 3.30. The van der Waals surface area contributed by atoms with Crippen LogP contribution >= 0.6 is 0 Å². The molecule has 3 nitrogen and oxygen atoms in total. The van der Waals surface area contributed by atoms with Crippen LogP contribution in [0.4, 0.5) is 5.69 Å². The van der Waals surface area contributed by atoms with Gasteiger partial charge in [-0.3, -0.25) is 0 Å². The van der Waals surface area contributed by atoms with E-state index >= 15 is 0 Å². The highest BCUT2D eigenvalue weighted by molar-refractivity contribution is 5.83. The van der Waals surface area contributed by atoms with Crippen LogP contribution in [0.1, 0.15) is 38.7 Å². The third-order valence-electron chi connectivity index (χ3n) is 3.73. The summed E-state index contributed by atoms with van der Waals surface area (Å²) in [5.41, 5.74) is 1.37. The Morgan fingerprint density at radius 3 is 2.44 bits per heavy atom. The van der Waals surface area contributed by atoms with Gasteiger partial charge in [-0.2, -0.15) is 0 Å². The molecule has 0 heterocycles. The lowest BCUT2D eigenvalue weighted by molar-refractivity contribution is -0.142. The number of carboxylic acid groups (broad SMARTS) is 1. The predicted molar refractivity (Wildman–Crippen MR) is 72.8 cm³/mol. The van der Waals surface area contributed by atoms with Crippen LogP contribution in [-0.4, -0.2) is 16.6 Å². The molecule has 2 N–H and O–H groups in total. The smallest absolute Gasteiger partial charge is 0.329 e. The molecule has 1 aliphatic carbocycles. The lowest BCUT2D eigenvalue weighted by Crippen LogP contribution is -2.45. The molecule has 1 aromatic rings. The zero-order chi connectivity index (χ0) is 13.2. The van der Waals surface area contributed by atoms with Crippen molar-refractivity contribution in [3.63, 3.8) is 0 Å². The van der Waals surface area contributed by atoms with Crippen LogP contribution in [-0.2, 0) is 11.2 Å². The van der Waals surface area contributed by atoms with Crippen molar-refractivity contribution in [1.82, 2.24) is 0 Å². The van der Waals surface area contributed by atoms with Crippen molar-refractivity contribution in [3.05, 3.63) is 29.8 Å². The Balaban J connectivity index is 2.09. The lowest BCUT2D eigenvalue weighted by Gasteiger charge is -2.27. The Labute approximate surface area is 108 Å². The Morgan fingerprint density at radius 2 is 2.00 bits per heavy atom. The number of anilines is 1. The number of carboxylic acids is 1. The van der Waals surface area contributed by atoms with E-state index in [0.29, 0.717) is 0 Å². The molecule has 0 spiro atoms. The molecule has 0 amide bonds. The van der Waals surface area contributed by atoms with Crippen molar-refractivity contribution in [2.24, 2.45) is 5.92 Å². The van der Waals surface area contributed by atoms with E-state index in [2.05, 4.69) is 24.4 Å². The first kappa shape index (κ1) is 12.9. The summed E-state index contributed by atoms with van der Waals surface area (Å²) in [6, 6.07) is 8.10. The van der Waals surface area contributed by atoms with Crippen molar-refractivity contribution in [3.8, 4) is 0 Å².